The molecule has 124 valence electrons. The summed E-state index contributed by atoms with van der Waals surface area (Å²) in [5, 5.41) is 10.1. The maximum atomic E-state index is 11.9. The van der Waals surface area contributed by atoms with E-state index in [4.69, 9.17) is 0 Å². The van der Waals surface area contributed by atoms with Crippen LogP contribution in [-0.2, 0) is 22.6 Å². The number of urea groups is 1. The highest BCUT2D eigenvalue weighted by molar-refractivity contribution is 7.09. The molecule has 0 saturated carbocycles. The number of carbonyl (C=O) groups is 3. The molecule has 1 aliphatic heterocycles. The Morgan fingerprint density at radius 2 is 2.04 bits per heavy atom. The van der Waals surface area contributed by atoms with Crippen molar-refractivity contribution in [3.05, 3.63) is 52.0 Å². The van der Waals surface area contributed by atoms with Gasteiger partial charge in [-0.25, -0.2) is 9.78 Å². The van der Waals surface area contributed by atoms with Crippen LogP contribution >= 0.6 is 11.3 Å². The van der Waals surface area contributed by atoms with Gasteiger partial charge in [-0.2, -0.15) is 0 Å². The van der Waals surface area contributed by atoms with Gasteiger partial charge in [-0.05, 0) is 5.56 Å². The lowest BCUT2D eigenvalue weighted by Gasteiger charge is -2.07. The van der Waals surface area contributed by atoms with Gasteiger partial charge in [0.1, 0.15) is 6.04 Å². The molecule has 2 heterocycles. The van der Waals surface area contributed by atoms with Crippen LogP contribution in [0.5, 0.6) is 0 Å². The first-order valence-corrected chi connectivity index (χ1v) is 8.33. The van der Waals surface area contributed by atoms with Gasteiger partial charge in [0.2, 0.25) is 5.91 Å². The first kappa shape index (κ1) is 16.1. The number of carbonyl (C=O) groups excluding carboxylic acids is 3. The van der Waals surface area contributed by atoms with E-state index in [-0.39, 0.29) is 12.3 Å². The van der Waals surface area contributed by atoms with Gasteiger partial charge in [-0.15, -0.1) is 11.3 Å². The molecule has 0 radical (unpaired) electrons. The Kier molecular flexibility index (Phi) is 4.85. The average molecular weight is 344 g/mol. The van der Waals surface area contributed by atoms with Crippen molar-refractivity contribution < 1.29 is 14.4 Å². The Morgan fingerprint density at radius 1 is 1.25 bits per heavy atom. The Balaban J connectivity index is 1.47. The monoisotopic (exact) mass is 344 g/mol. The molecular weight excluding hydrogens is 328 g/mol. The van der Waals surface area contributed by atoms with Gasteiger partial charge >= 0.3 is 6.03 Å². The standard InChI is InChI=1S/C16H16N4O3S/c21-13(7-12-15(22)20-16(23)19-12)17-8-11-9-24-14(18-11)6-10-4-2-1-3-5-10/h1-5,9,12H,6-8H2,(H,17,21)(H2,19,20,22,23)/t12-/m1/s1. The number of amides is 4. The minimum absolute atomic E-state index is 0.0847. The molecule has 0 spiro atoms. The van der Waals surface area contributed by atoms with Gasteiger partial charge in [0.25, 0.3) is 5.91 Å². The predicted molar refractivity (Wildman–Crippen MR) is 88.3 cm³/mol. The van der Waals surface area contributed by atoms with Gasteiger partial charge in [0.05, 0.1) is 23.7 Å². The fourth-order valence-corrected chi connectivity index (χ4v) is 3.16. The van der Waals surface area contributed by atoms with Gasteiger partial charge in [0, 0.05) is 11.8 Å². The Labute approximate surface area is 142 Å². The number of nitrogens with zero attached hydrogens (tertiary/aromatic N) is 1. The molecule has 1 aromatic heterocycles. The van der Waals surface area contributed by atoms with Crippen molar-refractivity contribution >= 4 is 29.2 Å². The van der Waals surface area contributed by atoms with Gasteiger partial charge in [-0.1, -0.05) is 30.3 Å². The number of aromatic nitrogens is 1. The molecule has 0 unspecified atom stereocenters. The van der Waals surface area contributed by atoms with Crippen molar-refractivity contribution in [2.24, 2.45) is 0 Å². The van der Waals surface area contributed by atoms with Gasteiger partial charge in [0.15, 0.2) is 0 Å². The second-order valence-corrected chi connectivity index (χ2v) is 6.33. The minimum atomic E-state index is -0.804. The molecule has 4 amide bonds. The highest BCUT2D eigenvalue weighted by Crippen LogP contribution is 2.14. The van der Waals surface area contributed by atoms with Crippen LogP contribution in [0, 0.1) is 0 Å². The molecular formula is C16H16N4O3S. The van der Waals surface area contributed by atoms with Crippen LogP contribution < -0.4 is 16.0 Å². The quantitative estimate of drug-likeness (QED) is 0.679. The van der Waals surface area contributed by atoms with Crippen molar-refractivity contribution in [1.82, 2.24) is 20.9 Å². The summed E-state index contributed by atoms with van der Waals surface area (Å²) >= 11 is 1.55. The normalized spacial score (nSPS) is 16.6. The van der Waals surface area contributed by atoms with Crippen molar-refractivity contribution in [3.8, 4) is 0 Å². The third kappa shape index (κ3) is 4.17. The molecule has 1 aliphatic rings. The first-order chi connectivity index (χ1) is 11.6. The zero-order valence-corrected chi connectivity index (χ0v) is 13.6. The summed E-state index contributed by atoms with van der Waals surface area (Å²) in [6.45, 7) is 0.298. The Morgan fingerprint density at radius 3 is 2.75 bits per heavy atom. The van der Waals surface area contributed by atoms with Crippen LogP contribution in [0.25, 0.3) is 0 Å². The number of thiazole rings is 1. The molecule has 2 aromatic rings. The SMILES string of the molecule is O=C(C[C@H]1NC(=O)NC1=O)NCc1csc(Cc2ccccc2)n1. The highest BCUT2D eigenvalue weighted by atomic mass is 32.1. The Bertz CT molecular complexity index is 760. The summed E-state index contributed by atoms with van der Waals surface area (Å²) in [4.78, 5) is 38.7. The van der Waals surface area contributed by atoms with Crippen LogP contribution in [0.4, 0.5) is 4.79 Å². The molecule has 8 heteroatoms. The summed E-state index contributed by atoms with van der Waals surface area (Å²) in [7, 11) is 0. The zero-order chi connectivity index (χ0) is 16.9. The van der Waals surface area contributed by atoms with Crippen LogP contribution in [0.2, 0.25) is 0 Å². The van der Waals surface area contributed by atoms with E-state index >= 15 is 0 Å². The molecule has 0 aliphatic carbocycles. The van der Waals surface area contributed by atoms with E-state index in [2.05, 4.69) is 20.9 Å². The number of imide groups is 1. The first-order valence-electron chi connectivity index (χ1n) is 7.45. The number of nitrogens with one attached hydrogen (secondary N) is 3. The fraction of sp³-hybridized carbons (Fsp3) is 0.250. The van der Waals surface area contributed by atoms with E-state index in [1.807, 2.05) is 35.7 Å². The lowest BCUT2D eigenvalue weighted by molar-refractivity contribution is -0.126. The molecule has 3 rings (SSSR count). The van der Waals surface area contributed by atoms with Crippen molar-refractivity contribution in [1.29, 1.82) is 0 Å². The fourth-order valence-electron chi connectivity index (χ4n) is 2.33. The molecule has 0 bridgehead atoms. The van der Waals surface area contributed by atoms with E-state index in [1.54, 1.807) is 11.3 Å². The number of rotatable bonds is 6. The summed E-state index contributed by atoms with van der Waals surface area (Å²) in [6.07, 6.45) is 0.673. The molecule has 1 aromatic carbocycles. The summed E-state index contributed by atoms with van der Waals surface area (Å²) < 4.78 is 0. The average Bonchev–Trinajstić information content (AvgIpc) is 3.13. The van der Waals surface area contributed by atoms with Crippen molar-refractivity contribution in [2.75, 3.05) is 0 Å². The van der Waals surface area contributed by atoms with Crippen molar-refractivity contribution in [3.63, 3.8) is 0 Å². The van der Waals surface area contributed by atoms with Gasteiger partial charge < -0.3 is 10.6 Å². The Hall–Kier alpha value is -2.74. The lowest BCUT2D eigenvalue weighted by Crippen LogP contribution is -2.36. The largest absolute Gasteiger partial charge is 0.350 e. The van der Waals surface area contributed by atoms with Crippen LogP contribution in [0.3, 0.4) is 0 Å². The number of hydrogen-bond acceptors (Lipinski definition) is 5. The molecule has 3 N–H and O–H groups in total. The maximum Gasteiger partial charge on any atom is 0.322 e. The molecule has 7 nitrogen and oxygen atoms in total. The molecule has 1 saturated heterocycles. The molecule has 1 fully saturated rings. The van der Waals surface area contributed by atoms with E-state index in [9.17, 15) is 14.4 Å². The topological polar surface area (TPSA) is 100 Å². The summed E-state index contributed by atoms with van der Waals surface area (Å²) in [5.74, 6) is -0.788. The zero-order valence-electron chi connectivity index (χ0n) is 12.7. The highest BCUT2D eigenvalue weighted by Gasteiger charge is 2.31. The number of hydrogen-bond donors (Lipinski definition) is 3. The van der Waals surface area contributed by atoms with E-state index in [0.29, 0.717) is 6.54 Å². The molecule has 1 atom stereocenters. The second kappa shape index (κ2) is 7.22. The predicted octanol–water partition coefficient (Wildman–Crippen LogP) is 0.948. The van der Waals surface area contributed by atoms with Crippen LogP contribution in [-0.4, -0.2) is 28.9 Å². The third-order valence-corrected chi connectivity index (χ3v) is 4.41. The van der Waals surface area contributed by atoms with E-state index in [0.717, 1.165) is 17.1 Å². The minimum Gasteiger partial charge on any atom is -0.350 e. The third-order valence-electron chi connectivity index (χ3n) is 3.51. The molecule has 24 heavy (non-hydrogen) atoms. The van der Waals surface area contributed by atoms with E-state index in [1.165, 1.54) is 5.56 Å². The van der Waals surface area contributed by atoms with Crippen molar-refractivity contribution in [2.45, 2.75) is 25.4 Å². The van der Waals surface area contributed by atoms with Crippen LogP contribution in [0.15, 0.2) is 35.7 Å². The van der Waals surface area contributed by atoms with Crippen LogP contribution in [0.1, 0.15) is 22.7 Å². The maximum absolute atomic E-state index is 11.9. The smallest absolute Gasteiger partial charge is 0.322 e. The summed E-state index contributed by atoms with van der Waals surface area (Å²) in [5.41, 5.74) is 1.96. The second-order valence-electron chi connectivity index (χ2n) is 5.39. The number of benzene rings is 1. The van der Waals surface area contributed by atoms with E-state index < -0.39 is 18.0 Å². The summed E-state index contributed by atoms with van der Waals surface area (Å²) in [6, 6.07) is 8.67. The van der Waals surface area contributed by atoms with Gasteiger partial charge in [-0.3, -0.25) is 14.9 Å². The lowest BCUT2D eigenvalue weighted by atomic mass is 10.2.